The van der Waals surface area contributed by atoms with Crippen LogP contribution in [0.1, 0.15) is 24.0 Å². The highest BCUT2D eigenvalue weighted by atomic mass is 16.5. The summed E-state index contributed by atoms with van der Waals surface area (Å²) < 4.78 is 5.59. The number of anilines is 3. The molecule has 1 fully saturated rings. The van der Waals surface area contributed by atoms with Crippen LogP contribution in [0.25, 0.3) is 0 Å². The van der Waals surface area contributed by atoms with Crippen LogP contribution in [0.2, 0.25) is 0 Å². The third kappa shape index (κ3) is 5.35. The van der Waals surface area contributed by atoms with E-state index in [9.17, 15) is 14.4 Å². The molecule has 1 aliphatic carbocycles. The fourth-order valence-corrected chi connectivity index (χ4v) is 4.63. The van der Waals surface area contributed by atoms with E-state index in [-0.39, 0.29) is 30.7 Å². The zero-order valence-electron chi connectivity index (χ0n) is 19.3. The van der Waals surface area contributed by atoms with Crippen molar-refractivity contribution < 1.29 is 19.1 Å². The highest BCUT2D eigenvalue weighted by molar-refractivity contribution is 6.03. The number of aryl methyl sites for hydroxylation is 2. The van der Waals surface area contributed by atoms with Crippen molar-refractivity contribution in [3.05, 3.63) is 83.9 Å². The van der Waals surface area contributed by atoms with Crippen LogP contribution in [-0.2, 0) is 27.2 Å². The van der Waals surface area contributed by atoms with E-state index in [0.717, 1.165) is 24.9 Å². The molecule has 0 spiro atoms. The predicted octanol–water partition coefficient (Wildman–Crippen LogP) is 4.18. The van der Waals surface area contributed by atoms with Gasteiger partial charge in [0.2, 0.25) is 11.8 Å². The Labute approximate surface area is 204 Å². The lowest BCUT2D eigenvalue weighted by Crippen LogP contribution is -2.28. The van der Waals surface area contributed by atoms with Gasteiger partial charge < -0.3 is 20.3 Å². The zero-order chi connectivity index (χ0) is 24.2. The highest BCUT2D eigenvalue weighted by Crippen LogP contribution is 2.31. The first-order chi connectivity index (χ1) is 17.0. The molecular formula is C28H27N3O4. The second-order valence-corrected chi connectivity index (χ2v) is 8.93. The fraction of sp³-hybridized carbons (Fsp3) is 0.250. The van der Waals surface area contributed by atoms with E-state index in [1.165, 1.54) is 11.1 Å². The van der Waals surface area contributed by atoms with Crippen LogP contribution in [0, 0.1) is 5.92 Å². The number of carbonyl (C=O) groups is 3. The highest BCUT2D eigenvalue weighted by Gasteiger charge is 2.35. The standard InChI is InChI=1S/C28H27N3O4/c32-26(29-22-8-2-1-3-9-22)18-35-25-11-5-10-23(16-25)30-28(34)21-15-27(33)31(17-21)24-13-12-19-6-4-7-20(19)14-24/h1-3,5,8-14,16,21H,4,6-7,15,17-18H2,(H,29,32)(H,30,34). The van der Waals surface area contributed by atoms with Gasteiger partial charge in [0.25, 0.3) is 5.91 Å². The van der Waals surface area contributed by atoms with Gasteiger partial charge >= 0.3 is 0 Å². The van der Waals surface area contributed by atoms with E-state index in [1.54, 1.807) is 41.3 Å². The van der Waals surface area contributed by atoms with Gasteiger partial charge in [0, 0.05) is 36.1 Å². The number of nitrogens with zero attached hydrogens (tertiary/aromatic N) is 1. The Balaban J connectivity index is 1.16. The molecule has 0 saturated carbocycles. The molecule has 3 amide bonds. The summed E-state index contributed by atoms with van der Waals surface area (Å²) >= 11 is 0. The smallest absolute Gasteiger partial charge is 0.262 e. The number of amides is 3. The second kappa shape index (κ2) is 10.0. The lowest BCUT2D eigenvalue weighted by Gasteiger charge is -2.18. The quantitative estimate of drug-likeness (QED) is 0.543. The molecule has 0 radical (unpaired) electrons. The van der Waals surface area contributed by atoms with Crippen molar-refractivity contribution in [1.29, 1.82) is 0 Å². The maximum Gasteiger partial charge on any atom is 0.262 e. The first-order valence-electron chi connectivity index (χ1n) is 11.9. The Kier molecular flexibility index (Phi) is 6.48. The Morgan fingerprint density at radius 3 is 2.54 bits per heavy atom. The van der Waals surface area contributed by atoms with Crippen LogP contribution in [-0.4, -0.2) is 30.9 Å². The summed E-state index contributed by atoms with van der Waals surface area (Å²) in [4.78, 5) is 39.4. The minimum Gasteiger partial charge on any atom is -0.484 e. The predicted molar refractivity (Wildman–Crippen MR) is 135 cm³/mol. The number of rotatable bonds is 7. The average molecular weight is 470 g/mol. The number of carbonyl (C=O) groups excluding carboxylic acids is 3. The van der Waals surface area contributed by atoms with Gasteiger partial charge in [-0.3, -0.25) is 14.4 Å². The van der Waals surface area contributed by atoms with Crippen LogP contribution in [0.15, 0.2) is 72.8 Å². The lowest BCUT2D eigenvalue weighted by atomic mass is 10.1. The summed E-state index contributed by atoms with van der Waals surface area (Å²) in [6.07, 6.45) is 3.47. The SMILES string of the molecule is O=C(COc1cccc(NC(=O)C2CC(=O)N(c3ccc4c(c3)CCC4)C2)c1)Nc1ccccc1. The largest absolute Gasteiger partial charge is 0.484 e. The minimum absolute atomic E-state index is 0.0374. The topological polar surface area (TPSA) is 87.7 Å². The molecule has 1 saturated heterocycles. The normalized spacial score (nSPS) is 16.6. The third-order valence-electron chi connectivity index (χ3n) is 6.42. The van der Waals surface area contributed by atoms with Crippen molar-refractivity contribution in [2.75, 3.05) is 28.7 Å². The summed E-state index contributed by atoms with van der Waals surface area (Å²) in [6.45, 7) is 0.207. The van der Waals surface area contributed by atoms with Crippen molar-refractivity contribution >= 4 is 34.8 Å². The molecule has 7 nitrogen and oxygen atoms in total. The van der Waals surface area contributed by atoms with E-state index >= 15 is 0 Å². The number of para-hydroxylation sites is 1. The van der Waals surface area contributed by atoms with Gasteiger partial charge in [-0.05, 0) is 66.8 Å². The lowest BCUT2D eigenvalue weighted by molar-refractivity contribution is -0.122. The molecule has 1 heterocycles. The number of nitrogens with one attached hydrogen (secondary N) is 2. The zero-order valence-corrected chi connectivity index (χ0v) is 19.3. The fourth-order valence-electron chi connectivity index (χ4n) is 4.63. The van der Waals surface area contributed by atoms with Crippen LogP contribution < -0.4 is 20.3 Å². The van der Waals surface area contributed by atoms with E-state index in [1.807, 2.05) is 24.3 Å². The molecule has 3 aromatic carbocycles. The maximum atomic E-state index is 12.9. The second-order valence-electron chi connectivity index (χ2n) is 8.93. The van der Waals surface area contributed by atoms with Crippen LogP contribution in [0.3, 0.4) is 0 Å². The van der Waals surface area contributed by atoms with E-state index in [0.29, 0.717) is 23.7 Å². The van der Waals surface area contributed by atoms with Crippen molar-refractivity contribution in [2.45, 2.75) is 25.7 Å². The molecule has 2 N–H and O–H groups in total. The molecule has 1 aliphatic heterocycles. The number of benzene rings is 3. The molecule has 178 valence electrons. The first kappa shape index (κ1) is 22.7. The number of ether oxygens (including phenoxy) is 1. The number of hydrogen-bond acceptors (Lipinski definition) is 4. The molecule has 1 atom stereocenters. The molecule has 7 heteroatoms. The van der Waals surface area contributed by atoms with Gasteiger partial charge in [-0.1, -0.05) is 30.3 Å². The van der Waals surface area contributed by atoms with E-state index in [4.69, 9.17) is 4.74 Å². The molecular weight excluding hydrogens is 442 g/mol. The Morgan fingerprint density at radius 1 is 0.886 bits per heavy atom. The summed E-state index contributed by atoms with van der Waals surface area (Å²) in [5, 5.41) is 5.65. The average Bonchev–Trinajstić information content (AvgIpc) is 3.49. The number of fused-ring (bicyclic) bond motifs is 1. The van der Waals surface area contributed by atoms with Gasteiger partial charge in [-0.2, -0.15) is 0 Å². The molecule has 5 rings (SSSR count). The number of hydrogen-bond donors (Lipinski definition) is 2. The molecule has 0 bridgehead atoms. The van der Waals surface area contributed by atoms with Crippen LogP contribution in [0.5, 0.6) is 5.75 Å². The van der Waals surface area contributed by atoms with Gasteiger partial charge in [0.15, 0.2) is 6.61 Å². The van der Waals surface area contributed by atoms with E-state index in [2.05, 4.69) is 22.8 Å². The monoisotopic (exact) mass is 469 g/mol. The molecule has 2 aliphatic rings. The summed E-state index contributed by atoms with van der Waals surface area (Å²) in [5.74, 6) is -0.488. The van der Waals surface area contributed by atoms with Gasteiger partial charge in [0.1, 0.15) is 5.75 Å². The molecule has 0 aromatic heterocycles. The maximum absolute atomic E-state index is 12.9. The minimum atomic E-state index is -0.433. The summed E-state index contributed by atoms with van der Waals surface area (Å²) in [7, 11) is 0. The van der Waals surface area contributed by atoms with Crippen LogP contribution in [0.4, 0.5) is 17.1 Å². The van der Waals surface area contributed by atoms with Crippen molar-refractivity contribution in [1.82, 2.24) is 0 Å². The van der Waals surface area contributed by atoms with Crippen molar-refractivity contribution in [3.63, 3.8) is 0 Å². The molecule has 3 aromatic rings. The van der Waals surface area contributed by atoms with Gasteiger partial charge in [0.05, 0.1) is 5.92 Å². The summed E-state index contributed by atoms with van der Waals surface area (Å²) in [6, 6.07) is 22.2. The van der Waals surface area contributed by atoms with Gasteiger partial charge in [-0.25, -0.2) is 0 Å². The first-order valence-corrected chi connectivity index (χ1v) is 11.9. The van der Waals surface area contributed by atoms with E-state index < -0.39 is 5.92 Å². The summed E-state index contributed by atoms with van der Waals surface area (Å²) in [5.41, 5.74) is 4.78. The third-order valence-corrected chi connectivity index (χ3v) is 6.42. The van der Waals surface area contributed by atoms with Crippen LogP contribution >= 0.6 is 0 Å². The van der Waals surface area contributed by atoms with Crippen molar-refractivity contribution in [3.8, 4) is 5.75 Å². The molecule has 1 unspecified atom stereocenters. The Hall–Kier alpha value is -4.13. The Morgan fingerprint density at radius 2 is 1.69 bits per heavy atom. The van der Waals surface area contributed by atoms with Gasteiger partial charge in [-0.15, -0.1) is 0 Å². The van der Waals surface area contributed by atoms with Crippen molar-refractivity contribution in [2.24, 2.45) is 5.92 Å². The Bertz CT molecular complexity index is 1260. The molecule has 35 heavy (non-hydrogen) atoms.